The molecule has 4 aromatic rings. The van der Waals surface area contributed by atoms with Crippen LogP contribution in [0, 0.1) is 5.82 Å². The van der Waals surface area contributed by atoms with Gasteiger partial charge >= 0.3 is 0 Å². The Bertz CT molecular complexity index is 1320. The molecular formula is C22H17FN2O4S. The first-order chi connectivity index (χ1) is 14.4. The van der Waals surface area contributed by atoms with Crippen molar-refractivity contribution in [3.8, 4) is 28.4 Å². The van der Waals surface area contributed by atoms with E-state index < -0.39 is 21.4 Å². The summed E-state index contributed by atoms with van der Waals surface area (Å²) in [5.74, 6) is -1.61. The van der Waals surface area contributed by atoms with E-state index in [1.54, 1.807) is 36.4 Å². The van der Waals surface area contributed by atoms with E-state index in [0.29, 0.717) is 5.69 Å². The average molecular weight is 424 g/mol. The van der Waals surface area contributed by atoms with Crippen molar-refractivity contribution >= 4 is 9.84 Å². The number of benzene rings is 3. The number of sulfone groups is 1. The Morgan fingerprint density at radius 1 is 0.900 bits per heavy atom. The van der Waals surface area contributed by atoms with Crippen LogP contribution in [0.1, 0.15) is 5.56 Å². The lowest BCUT2D eigenvalue weighted by Gasteiger charge is -2.13. The van der Waals surface area contributed by atoms with Crippen LogP contribution in [0.25, 0.3) is 16.9 Å². The molecule has 0 atom stereocenters. The molecule has 1 heterocycles. The minimum atomic E-state index is -3.73. The topological polar surface area (TPSA) is 92.4 Å². The van der Waals surface area contributed by atoms with Gasteiger partial charge in [0.15, 0.2) is 9.84 Å². The number of nitrogens with zero attached hydrogens (tertiary/aromatic N) is 2. The molecule has 0 aliphatic carbocycles. The molecular weight excluding hydrogens is 407 g/mol. The highest BCUT2D eigenvalue weighted by Gasteiger charge is 2.21. The van der Waals surface area contributed by atoms with E-state index >= 15 is 0 Å². The first-order valence-electron chi connectivity index (χ1n) is 8.99. The maximum atomic E-state index is 14.3. The summed E-state index contributed by atoms with van der Waals surface area (Å²) in [5, 5.41) is 24.8. The average Bonchev–Trinajstić information content (AvgIpc) is 3.20. The lowest BCUT2D eigenvalue weighted by atomic mass is 10.1. The Hall–Kier alpha value is -3.65. The number of para-hydroxylation sites is 1. The fourth-order valence-electron chi connectivity index (χ4n) is 3.18. The van der Waals surface area contributed by atoms with Crippen LogP contribution in [0.4, 0.5) is 4.39 Å². The zero-order valence-electron chi connectivity index (χ0n) is 15.6. The number of aromatic nitrogens is 2. The second-order valence-electron chi connectivity index (χ2n) is 6.65. The molecule has 8 heteroatoms. The van der Waals surface area contributed by atoms with E-state index in [-0.39, 0.29) is 33.2 Å². The highest BCUT2D eigenvalue weighted by molar-refractivity contribution is 7.90. The largest absolute Gasteiger partial charge is 0.507 e. The van der Waals surface area contributed by atoms with Crippen molar-refractivity contribution < 1.29 is 23.0 Å². The summed E-state index contributed by atoms with van der Waals surface area (Å²) in [6.07, 6.45) is 1.44. The number of rotatable bonds is 5. The predicted molar refractivity (Wildman–Crippen MR) is 110 cm³/mol. The zero-order valence-corrected chi connectivity index (χ0v) is 16.4. The standard InChI is InChI=1S/C22H17FN2O4S/c23-18-8-4-5-9-20(18)25-19(10-11-24-25)17-12-15(21(26)13-22(17)27)14-30(28,29)16-6-2-1-3-7-16/h1-13,26-27H,14H2. The van der Waals surface area contributed by atoms with E-state index in [2.05, 4.69) is 5.10 Å². The van der Waals surface area contributed by atoms with Gasteiger partial charge < -0.3 is 10.2 Å². The molecule has 30 heavy (non-hydrogen) atoms. The van der Waals surface area contributed by atoms with Gasteiger partial charge in [-0.25, -0.2) is 17.5 Å². The van der Waals surface area contributed by atoms with Gasteiger partial charge in [0.25, 0.3) is 0 Å². The van der Waals surface area contributed by atoms with Gasteiger partial charge in [-0.15, -0.1) is 0 Å². The van der Waals surface area contributed by atoms with Crippen LogP contribution in [0.5, 0.6) is 11.5 Å². The Morgan fingerprint density at radius 3 is 2.33 bits per heavy atom. The van der Waals surface area contributed by atoms with E-state index in [9.17, 15) is 23.0 Å². The van der Waals surface area contributed by atoms with Crippen LogP contribution < -0.4 is 0 Å². The van der Waals surface area contributed by atoms with Crippen LogP contribution in [0.15, 0.2) is 83.9 Å². The van der Waals surface area contributed by atoms with Crippen LogP contribution in [-0.4, -0.2) is 28.4 Å². The molecule has 0 saturated heterocycles. The van der Waals surface area contributed by atoms with Crippen molar-refractivity contribution in [2.75, 3.05) is 0 Å². The Labute approximate surface area is 172 Å². The lowest BCUT2D eigenvalue weighted by Crippen LogP contribution is -2.06. The summed E-state index contributed by atoms with van der Waals surface area (Å²) in [4.78, 5) is 0.121. The SMILES string of the molecule is O=S(=O)(Cc1cc(-c2ccnn2-c2ccccc2F)c(O)cc1O)c1ccccc1. The van der Waals surface area contributed by atoms with Crippen molar-refractivity contribution in [1.82, 2.24) is 9.78 Å². The first-order valence-corrected chi connectivity index (χ1v) is 10.6. The maximum Gasteiger partial charge on any atom is 0.182 e. The maximum absolute atomic E-state index is 14.3. The second-order valence-corrected chi connectivity index (χ2v) is 8.64. The molecule has 0 spiro atoms. The summed E-state index contributed by atoms with van der Waals surface area (Å²) >= 11 is 0. The number of phenolic OH excluding ortho intramolecular Hbond substituents is 2. The fraction of sp³-hybridized carbons (Fsp3) is 0.0455. The first kappa shape index (κ1) is 19.7. The van der Waals surface area contributed by atoms with Gasteiger partial charge in [-0.3, -0.25) is 0 Å². The summed E-state index contributed by atoms with van der Waals surface area (Å²) in [6, 6.07) is 17.9. The van der Waals surface area contributed by atoms with E-state index in [0.717, 1.165) is 6.07 Å². The van der Waals surface area contributed by atoms with Gasteiger partial charge in [0.2, 0.25) is 0 Å². The smallest absolute Gasteiger partial charge is 0.182 e. The Kier molecular flexibility index (Phi) is 5.01. The van der Waals surface area contributed by atoms with Gasteiger partial charge in [-0.05, 0) is 36.4 Å². The molecule has 0 aliphatic rings. The monoisotopic (exact) mass is 424 g/mol. The minimum Gasteiger partial charge on any atom is -0.507 e. The third kappa shape index (κ3) is 3.65. The predicted octanol–water partition coefficient (Wildman–Crippen LogP) is 4.06. The van der Waals surface area contributed by atoms with Crippen LogP contribution >= 0.6 is 0 Å². The number of halogens is 1. The molecule has 3 aromatic carbocycles. The molecule has 0 bridgehead atoms. The van der Waals surface area contributed by atoms with E-state index in [4.69, 9.17) is 0 Å². The highest BCUT2D eigenvalue weighted by Crippen LogP contribution is 2.37. The molecule has 0 unspecified atom stereocenters. The van der Waals surface area contributed by atoms with Crippen molar-refractivity contribution in [2.45, 2.75) is 10.6 Å². The second kappa shape index (κ2) is 7.64. The summed E-state index contributed by atoms with van der Waals surface area (Å²) in [7, 11) is -3.73. The quantitative estimate of drug-likeness (QED) is 0.504. The van der Waals surface area contributed by atoms with Gasteiger partial charge in [0.1, 0.15) is 23.0 Å². The number of phenols is 2. The minimum absolute atomic E-state index is 0.105. The number of hydrogen-bond donors (Lipinski definition) is 2. The molecule has 0 saturated carbocycles. The molecule has 6 nitrogen and oxygen atoms in total. The molecule has 0 radical (unpaired) electrons. The summed E-state index contributed by atoms with van der Waals surface area (Å²) in [6.45, 7) is 0. The van der Waals surface area contributed by atoms with E-state index in [1.165, 1.54) is 41.2 Å². The Morgan fingerprint density at radius 2 is 1.60 bits per heavy atom. The molecule has 1 aromatic heterocycles. The normalized spacial score (nSPS) is 11.5. The third-order valence-corrected chi connectivity index (χ3v) is 6.33. The van der Waals surface area contributed by atoms with Gasteiger partial charge in [-0.1, -0.05) is 30.3 Å². The van der Waals surface area contributed by atoms with Crippen molar-refractivity contribution in [3.05, 3.63) is 90.4 Å². The molecule has 4 rings (SSSR count). The molecule has 2 N–H and O–H groups in total. The molecule has 0 aliphatic heterocycles. The summed E-state index contributed by atoms with van der Waals surface area (Å²) < 4.78 is 41.0. The molecule has 0 amide bonds. The zero-order chi connectivity index (χ0) is 21.3. The van der Waals surface area contributed by atoms with Crippen molar-refractivity contribution in [3.63, 3.8) is 0 Å². The molecule has 0 fully saturated rings. The van der Waals surface area contributed by atoms with Crippen LogP contribution in [0.2, 0.25) is 0 Å². The van der Waals surface area contributed by atoms with Gasteiger partial charge in [-0.2, -0.15) is 5.10 Å². The van der Waals surface area contributed by atoms with Gasteiger partial charge in [0, 0.05) is 17.2 Å². The Balaban J connectivity index is 1.80. The summed E-state index contributed by atoms with van der Waals surface area (Å²) in [5.41, 5.74) is 0.833. The van der Waals surface area contributed by atoms with Gasteiger partial charge in [0.05, 0.1) is 22.5 Å². The third-order valence-electron chi connectivity index (χ3n) is 4.64. The number of aromatic hydroxyl groups is 2. The lowest BCUT2D eigenvalue weighted by molar-refractivity contribution is 0.448. The van der Waals surface area contributed by atoms with Crippen LogP contribution in [0.3, 0.4) is 0 Å². The van der Waals surface area contributed by atoms with Crippen LogP contribution in [-0.2, 0) is 15.6 Å². The van der Waals surface area contributed by atoms with Crippen molar-refractivity contribution in [2.24, 2.45) is 0 Å². The molecule has 152 valence electrons. The number of hydrogen-bond acceptors (Lipinski definition) is 5. The fourth-order valence-corrected chi connectivity index (χ4v) is 4.56. The van der Waals surface area contributed by atoms with E-state index in [1.807, 2.05) is 0 Å². The van der Waals surface area contributed by atoms with Crippen molar-refractivity contribution in [1.29, 1.82) is 0 Å². The highest BCUT2D eigenvalue weighted by atomic mass is 32.2.